The number of hydrogen-bond donors (Lipinski definition) is 1. The van der Waals surface area contributed by atoms with Crippen LogP contribution in [0.3, 0.4) is 0 Å². The standard InChI is InChI=1S/C24H24N2/c1-3-20(2)26(24-12-8-5-9-13-24)19-22-16-14-21(15-17-22)18-25-23-10-6-4-7-11-23/h3-17,25H,1-2,18-19H2. The van der Waals surface area contributed by atoms with Crippen LogP contribution in [0.25, 0.3) is 0 Å². The quantitative estimate of drug-likeness (QED) is 0.506. The molecule has 0 spiro atoms. The van der Waals surface area contributed by atoms with Crippen LogP contribution in [-0.2, 0) is 13.1 Å². The van der Waals surface area contributed by atoms with Crippen molar-refractivity contribution in [3.05, 3.63) is 121 Å². The third-order valence-electron chi connectivity index (χ3n) is 4.28. The minimum absolute atomic E-state index is 0.765. The van der Waals surface area contributed by atoms with Gasteiger partial charge in [0, 0.05) is 30.2 Å². The van der Waals surface area contributed by atoms with Crippen molar-refractivity contribution < 1.29 is 0 Å². The molecule has 1 N–H and O–H groups in total. The fourth-order valence-electron chi connectivity index (χ4n) is 2.78. The maximum Gasteiger partial charge on any atom is 0.0481 e. The summed E-state index contributed by atoms with van der Waals surface area (Å²) in [7, 11) is 0. The number of para-hydroxylation sites is 2. The zero-order valence-electron chi connectivity index (χ0n) is 14.9. The van der Waals surface area contributed by atoms with Gasteiger partial charge in [0.25, 0.3) is 0 Å². The Bertz CT molecular complexity index is 836. The number of allylic oxidation sites excluding steroid dienone is 1. The maximum atomic E-state index is 4.12. The molecule has 0 bridgehead atoms. The second-order valence-corrected chi connectivity index (χ2v) is 6.15. The van der Waals surface area contributed by atoms with E-state index >= 15 is 0 Å². The van der Waals surface area contributed by atoms with Crippen molar-refractivity contribution in [3.8, 4) is 0 Å². The van der Waals surface area contributed by atoms with Crippen molar-refractivity contribution in [3.63, 3.8) is 0 Å². The molecule has 2 heteroatoms. The molecule has 0 aliphatic heterocycles. The van der Waals surface area contributed by atoms with Gasteiger partial charge in [0.05, 0.1) is 0 Å². The molecular weight excluding hydrogens is 316 g/mol. The van der Waals surface area contributed by atoms with Crippen LogP contribution < -0.4 is 10.2 Å². The molecule has 0 saturated heterocycles. The van der Waals surface area contributed by atoms with Crippen LogP contribution in [0.1, 0.15) is 11.1 Å². The van der Waals surface area contributed by atoms with Gasteiger partial charge in [0.2, 0.25) is 0 Å². The molecule has 0 saturated carbocycles. The van der Waals surface area contributed by atoms with E-state index < -0.39 is 0 Å². The van der Waals surface area contributed by atoms with Crippen LogP contribution >= 0.6 is 0 Å². The molecular formula is C24H24N2. The SMILES string of the molecule is C=CC(=C)N(Cc1ccc(CNc2ccccc2)cc1)c1ccccc1. The van der Waals surface area contributed by atoms with Gasteiger partial charge in [0.1, 0.15) is 0 Å². The van der Waals surface area contributed by atoms with E-state index in [-0.39, 0.29) is 0 Å². The van der Waals surface area contributed by atoms with E-state index in [1.807, 2.05) is 36.4 Å². The lowest BCUT2D eigenvalue weighted by Crippen LogP contribution is -2.20. The minimum atomic E-state index is 0.765. The van der Waals surface area contributed by atoms with E-state index in [9.17, 15) is 0 Å². The number of nitrogens with zero attached hydrogens (tertiary/aromatic N) is 1. The average molecular weight is 340 g/mol. The average Bonchev–Trinajstić information content (AvgIpc) is 2.72. The molecule has 0 aliphatic rings. The lowest BCUT2D eigenvalue weighted by atomic mass is 10.1. The van der Waals surface area contributed by atoms with Crippen LogP contribution in [0.15, 0.2) is 110 Å². The predicted octanol–water partition coefficient (Wildman–Crippen LogP) is 6.01. The van der Waals surface area contributed by atoms with Crippen molar-refractivity contribution in [2.45, 2.75) is 13.1 Å². The second-order valence-electron chi connectivity index (χ2n) is 6.15. The first-order chi connectivity index (χ1) is 12.8. The predicted molar refractivity (Wildman–Crippen MR) is 112 cm³/mol. The summed E-state index contributed by atoms with van der Waals surface area (Å²) < 4.78 is 0. The highest BCUT2D eigenvalue weighted by Crippen LogP contribution is 2.22. The largest absolute Gasteiger partial charge is 0.381 e. The van der Waals surface area contributed by atoms with Crippen LogP contribution in [-0.4, -0.2) is 0 Å². The topological polar surface area (TPSA) is 15.3 Å². The highest BCUT2D eigenvalue weighted by Gasteiger charge is 2.09. The number of benzene rings is 3. The zero-order chi connectivity index (χ0) is 18.2. The Morgan fingerprint density at radius 3 is 2.00 bits per heavy atom. The van der Waals surface area contributed by atoms with Gasteiger partial charge in [0.15, 0.2) is 0 Å². The Kier molecular flexibility index (Phi) is 5.89. The number of rotatable bonds is 8. The third-order valence-corrected chi connectivity index (χ3v) is 4.28. The second kappa shape index (κ2) is 8.72. The Hall–Kier alpha value is -3.26. The molecule has 3 aromatic rings. The van der Waals surface area contributed by atoms with E-state index in [1.165, 1.54) is 11.1 Å². The van der Waals surface area contributed by atoms with Gasteiger partial charge in [-0.15, -0.1) is 0 Å². The molecule has 130 valence electrons. The minimum Gasteiger partial charge on any atom is -0.381 e. The summed E-state index contributed by atoms with van der Waals surface area (Å²) >= 11 is 0. The summed E-state index contributed by atoms with van der Waals surface area (Å²) in [6.07, 6.45) is 1.80. The van der Waals surface area contributed by atoms with Gasteiger partial charge in [-0.05, 0) is 41.5 Å². The van der Waals surface area contributed by atoms with Crippen molar-refractivity contribution in [1.29, 1.82) is 0 Å². The van der Waals surface area contributed by atoms with Gasteiger partial charge < -0.3 is 10.2 Å². The Labute approximate surface area is 156 Å². The molecule has 26 heavy (non-hydrogen) atoms. The summed E-state index contributed by atoms with van der Waals surface area (Å²) in [4.78, 5) is 2.17. The summed E-state index contributed by atoms with van der Waals surface area (Å²) in [6, 6.07) is 29.2. The highest BCUT2D eigenvalue weighted by molar-refractivity contribution is 5.54. The van der Waals surface area contributed by atoms with Gasteiger partial charge >= 0.3 is 0 Å². The van der Waals surface area contributed by atoms with Gasteiger partial charge in [-0.25, -0.2) is 0 Å². The van der Waals surface area contributed by atoms with Crippen molar-refractivity contribution in [1.82, 2.24) is 0 Å². The molecule has 0 amide bonds. The molecule has 3 aromatic carbocycles. The fraction of sp³-hybridized carbons (Fsp3) is 0.0833. The molecule has 3 rings (SSSR count). The molecule has 0 unspecified atom stereocenters. The molecule has 2 nitrogen and oxygen atoms in total. The Balaban J connectivity index is 1.67. The Morgan fingerprint density at radius 1 is 0.808 bits per heavy atom. The van der Waals surface area contributed by atoms with Gasteiger partial charge in [-0.1, -0.05) is 73.8 Å². The number of nitrogens with one attached hydrogen (secondary N) is 1. The molecule has 0 aromatic heterocycles. The first-order valence-electron chi connectivity index (χ1n) is 8.77. The van der Waals surface area contributed by atoms with E-state index in [0.29, 0.717) is 0 Å². The zero-order valence-corrected chi connectivity index (χ0v) is 14.9. The smallest absolute Gasteiger partial charge is 0.0481 e. The summed E-state index contributed by atoms with van der Waals surface area (Å²) in [5, 5.41) is 3.44. The number of anilines is 2. The number of hydrogen-bond acceptors (Lipinski definition) is 2. The summed E-state index contributed by atoms with van der Waals surface area (Å²) in [6.45, 7) is 9.57. The highest BCUT2D eigenvalue weighted by atomic mass is 15.1. The lowest BCUT2D eigenvalue weighted by molar-refractivity contribution is 0.936. The van der Waals surface area contributed by atoms with Crippen molar-refractivity contribution in [2.24, 2.45) is 0 Å². The molecule has 0 heterocycles. The normalized spacial score (nSPS) is 10.2. The third kappa shape index (κ3) is 4.64. The van der Waals surface area contributed by atoms with E-state index in [4.69, 9.17) is 0 Å². The Morgan fingerprint density at radius 2 is 1.38 bits per heavy atom. The van der Waals surface area contributed by atoms with Crippen molar-refractivity contribution >= 4 is 11.4 Å². The van der Waals surface area contributed by atoms with Crippen LogP contribution in [0.4, 0.5) is 11.4 Å². The molecule has 0 radical (unpaired) electrons. The van der Waals surface area contributed by atoms with E-state index in [0.717, 1.165) is 30.2 Å². The molecule has 0 aliphatic carbocycles. The molecule has 0 fully saturated rings. The monoisotopic (exact) mass is 340 g/mol. The van der Waals surface area contributed by atoms with Gasteiger partial charge in [-0.3, -0.25) is 0 Å². The molecule has 0 atom stereocenters. The lowest BCUT2D eigenvalue weighted by Gasteiger charge is -2.25. The first-order valence-corrected chi connectivity index (χ1v) is 8.77. The van der Waals surface area contributed by atoms with E-state index in [2.05, 4.69) is 71.9 Å². The van der Waals surface area contributed by atoms with E-state index in [1.54, 1.807) is 6.08 Å². The van der Waals surface area contributed by atoms with Crippen LogP contribution in [0, 0.1) is 0 Å². The maximum absolute atomic E-state index is 4.12. The summed E-state index contributed by atoms with van der Waals surface area (Å²) in [5.41, 5.74) is 5.64. The van der Waals surface area contributed by atoms with Gasteiger partial charge in [-0.2, -0.15) is 0 Å². The van der Waals surface area contributed by atoms with Crippen molar-refractivity contribution in [2.75, 3.05) is 10.2 Å². The first kappa shape index (κ1) is 17.6. The summed E-state index contributed by atoms with van der Waals surface area (Å²) in [5.74, 6) is 0. The van der Waals surface area contributed by atoms with Crippen LogP contribution in [0.2, 0.25) is 0 Å². The fourth-order valence-corrected chi connectivity index (χ4v) is 2.78. The van der Waals surface area contributed by atoms with Crippen LogP contribution in [0.5, 0.6) is 0 Å².